The van der Waals surface area contributed by atoms with Crippen molar-refractivity contribution in [2.45, 2.75) is 45.3 Å². The summed E-state index contributed by atoms with van der Waals surface area (Å²) in [5.41, 5.74) is 0. The van der Waals surface area contributed by atoms with Crippen molar-refractivity contribution in [2.24, 2.45) is 5.92 Å². The molecule has 0 unspecified atom stereocenters. The first-order valence-corrected chi connectivity index (χ1v) is 6.94. The number of carbonyl (C=O) groups is 2. The van der Waals surface area contributed by atoms with Gasteiger partial charge in [0.1, 0.15) is 13.1 Å². The molecule has 8 heteroatoms. The van der Waals surface area contributed by atoms with E-state index < -0.39 is 31.3 Å². The van der Waals surface area contributed by atoms with E-state index >= 15 is 0 Å². The second-order valence-electron chi connectivity index (χ2n) is 5.75. The first-order chi connectivity index (χ1) is 9.60. The topological polar surface area (TPSA) is 60.9 Å². The van der Waals surface area contributed by atoms with Gasteiger partial charge in [0.2, 0.25) is 0 Å². The Balaban J connectivity index is 2.76. The van der Waals surface area contributed by atoms with E-state index in [1.54, 1.807) is 0 Å². The number of carboxylic acid groups (broad SMARTS) is 1. The van der Waals surface area contributed by atoms with Gasteiger partial charge in [-0.25, -0.2) is 4.79 Å². The molecular formula is C13H21F3N2O3. The van der Waals surface area contributed by atoms with Crippen LogP contribution in [0.2, 0.25) is 0 Å². The summed E-state index contributed by atoms with van der Waals surface area (Å²) in [7, 11) is 0. The fraction of sp³-hybridized carbons (Fsp3) is 0.846. The molecule has 0 aliphatic heterocycles. The van der Waals surface area contributed by atoms with Gasteiger partial charge in [0.05, 0.1) is 0 Å². The number of alkyl halides is 3. The zero-order valence-corrected chi connectivity index (χ0v) is 12.2. The summed E-state index contributed by atoms with van der Waals surface area (Å²) in [6, 6.07) is -0.890. The second-order valence-corrected chi connectivity index (χ2v) is 5.75. The van der Waals surface area contributed by atoms with Crippen molar-refractivity contribution in [1.82, 2.24) is 9.80 Å². The summed E-state index contributed by atoms with van der Waals surface area (Å²) in [6.45, 7) is 1.79. The summed E-state index contributed by atoms with van der Waals surface area (Å²) < 4.78 is 37.5. The van der Waals surface area contributed by atoms with Crippen molar-refractivity contribution >= 4 is 12.0 Å². The minimum atomic E-state index is -4.61. The SMILES string of the molecule is CC(C)CCN(C(=O)N(CC(=O)O)CC(F)(F)F)C1CC1. The minimum Gasteiger partial charge on any atom is -0.480 e. The van der Waals surface area contributed by atoms with Crippen molar-refractivity contribution < 1.29 is 27.9 Å². The highest BCUT2D eigenvalue weighted by Gasteiger charge is 2.39. The molecule has 1 fully saturated rings. The molecule has 122 valence electrons. The van der Waals surface area contributed by atoms with Gasteiger partial charge in [-0.15, -0.1) is 0 Å². The summed E-state index contributed by atoms with van der Waals surface area (Å²) in [5, 5.41) is 8.70. The molecule has 1 aliphatic rings. The van der Waals surface area contributed by atoms with Gasteiger partial charge >= 0.3 is 18.2 Å². The predicted octanol–water partition coefficient (Wildman–Crippen LogP) is 2.57. The van der Waals surface area contributed by atoms with Crippen LogP contribution in [0.25, 0.3) is 0 Å². The van der Waals surface area contributed by atoms with Crippen molar-refractivity contribution in [2.75, 3.05) is 19.6 Å². The van der Waals surface area contributed by atoms with Gasteiger partial charge in [0.25, 0.3) is 0 Å². The van der Waals surface area contributed by atoms with Gasteiger partial charge in [-0.05, 0) is 25.2 Å². The van der Waals surface area contributed by atoms with Crippen LogP contribution in [-0.2, 0) is 4.79 Å². The number of rotatable bonds is 7. The smallest absolute Gasteiger partial charge is 0.406 e. The molecule has 1 rings (SSSR count). The highest BCUT2D eigenvalue weighted by Crippen LogP contribution is 2.29. The lowest BCUT2D eigenvalue weighted by atomic mass is 10.1. The third-order valence-electron chi connectivity index (χ3n) is 3.15. The third-order valence-corrected chi connectivity index (χ3v) is 3.15. The van der Waals surface area contributed by atoms with E-state index in [2.05, 4.69) is 0 Å². The van der Waals surface area contributed by atoms with Crippen molar-refractivity contribution in [3.8, 4) is 0 Å². The molecule has 1 saturated carbocycles. The van der Waals surface area contributed by atoms with Crippen LogP contribution in [0.4, 0.5) is 18.0 Å². The number of hydrogen-bond donors (Lipinski definition) is 1. The molecule has 0 spiro atoms. The number of halogens is 3. The molecule has 0 aromatic carbocycles. The maximum Gasteiger partial charge on any atom is 0.406 e. The van der Waals surface area contributed by atoms with Crippen LogP contribution in [0.3, 0.4) is 0 Å². The Morgan fingerprint density at radius 1 is 1.29 bits per heavy atom. The number of urea groups is 1. The fourth-order valence-electron chi connectivity index (χ4n) is 1.97. The van der Waals surface area contributed by atoms with Crippen LogP contribution >= 0.6 is 0 Å². The quantitative estimate of drug-likeness (QED) is 0.786. The maximum atomic E-state index is 12.5. The fourth-order valence-corrected chi connectivity index (χ4v) is 1.97. The summed E-state index contributed by atoms with van der Waals surface area (Å²) in [5.74, 6) is -1.14. The average Bonchev–Trinajstić information content (AvgIpc) is 3.09. The Morgan fingerprint density at radius 2 is 1.86 bits per heavy atom. The number of carbonyl (C=O) groups excluding carboxylic acids is 1. The van der Waals surface area contributed by atoms with Crippen LogP contribution in [0.15, 0.2) is 0 Å². The van der Waals surface area contributed by atoms with E-state index in [4.69, 9.17) is 5.11 Å². The van der Waals surface area contributed by atoms with E-state index in [1.807, 2.05) is 13.8 Å². The molecular weight excluding hydrogens is 289 g/mol. The third kappa shape index (κ3) is 6.68. The molecule has 0 aromatic heterocycles. The molecule has 0 bridgehead atoms. The molecule has 0 radical (unpaired) electrons. The molecule has 1 N–H and O–H groups in total. The highest BCUT2D eigenvalue weighted by molar-refractivity contribution is 5.80. The van der Waals surface area contributed by atoms with E-state index in [1.165, 1.54) is 4.90 Å². The zero-order valence-electron chi connectivity index (χ0n) is 12.2. The van der Waals surface area contributed by atoms with Crippen LogP contribution in [0, 0.1) is 5.92 Å². The molecule has 2 amide bonds. The van der Waals surface area contributed by atoms with Crippen molar-refractivity contribution in [3.63, 3.8) is 0 Å². The minimum absolute atomic E-state index is 0.0548. The summed E-state index contributed by atoms with van der Waals surface area (Å²) >= 11 is 0. The van der Waals surface area contributed by atoms with E-state index in [0.717, 1.165) is 12.8 Å². The Kier molecular flexibility index (Phi) is 5.86. The van der Waals surface area contributed by atoms with Crippen LogP contribution in [-0.4, -0.2) is 58.8 Å². The average molecular weight is 310 g/mol. The Labute approximate surface area is 121 Å². The van der Waals surface area contributed by atoms with Crippen molar-refractivity contribution in [3.05, 3.63) is 0 Å². The van der Waals surface area contributed by atoms with Crippen LogP contribution in [0.1, 0.15) is 33.1 Å². The van der Waals surface area contributed by atoms with Gasteiger partial charge < -0.3 is 14.9 Å². The monoisotopic (exact) mass is 310 g/mol. The van der Waals surface area contributed by atoms with Gasteiger partial charge in [0, 0.05) is 12.6 Å². The predicted molar refractivity (Wildman–Crippen MR) is 69.8 cm³/mol. The number of carboxylic acids is 1. The largest absolute Gasteiger partial charge is 0.480 e. The molecule has 21 heavy (non-hydrogen) atoms. The van der Waals surface area contributed by atoms with Gasteiger partial charge in [-0.2, -0.15) is 13.2 Å². The molecule has 0 aromatic rings. The normalized spacial score (nSPS) is 15.1. The van der Waals surface area contributed by atoms with Gasteiger partial charge in [0.15, 0.2) is 0 Å². The molecule has 0 saturated heterocycles. The molecule has 5 nitrogen and oxygen atoms in total. The standard InChI is InChI=1S/C13H21F3N2O3/c1-9(2)5-6-18(10-3-4-10)12(21)17(7-11(19)20)8-13(14,15)16/h9-10H,3-8H2,1-2H3,(H,19,20). The zero-order chi connectivity index (χ0) is 16.2. The molecule has 0 atom stereocenters. The van der Waals surface area contributed by atoms with E-state index in [-0.39, 0.29) is 6.04 Å². The van der Waals surface area contributed by atoms with Crippen molar-refractivity contribution in [1.29, 1.82) is 0 Å². The lowest BCUT2D eigenvalue weighted by Gasteiger charge is -2.30. The van der Waals surface area contributed by atoms with Gasteiger partial charge in [-0.3, -0.25) is 4.79 Å². The van der Waals surface area contributed by atoms with Crippen LogP contribution < -0.4 is 0 Å². The number of hydrogen-bond acceptors (Lipinski definition) is 2. The van der Waals surface area contributed by atoms with E-state index in [0.29, 0.717) is 23.8 Å². The van der Waals surface area contributed by atoms with E-state index in [9.17, 15) is 22.8 Å². The summed E-state index contributed by atoms with van der Waals surface area (Å²) in [6.07, 6.45) is -2.42. The van der Waals surface area contributed by atoms with Crippen LogP contribution in [0.5, 0.6) is 0 Å². The van der Waals surface area contributed by atoms with Gasteiger partial charge in [-0.1, -0.05) is 13.8 Å². The number of aliphatic carboxylic acids is 1. The lowest BCUT2D eigenvalue weighted by molar-refractivity contribution is -0.149. The highest BCUT2D eigenvalue weighted by atomic mass is 19.4. The lowest BCUT2D eigenvalue weighted by Crippen LogP contribution is -2.50. The summed E-state index contributed by atoms with van der Waals surface area (Å²) in [4.78, 5) is 24.7. The second kappa shape index (κ2) is 7.00. The number of amides is 2. The molecule has 1 aliphatic carbocycles. The Morgan fingerprint density at radius 3 is 2.24 bits per heavy atom. The Bertz CT molecular complexity index is 381. The maximum absolute atomic E-state index is 12.5. The first-order valence-electron chi connectivity index (χ1n) is 6.94. The Hall–Kier alpha value is -1.47. The number of nitrogens with zero attached hydrogens (tertiary/aromatic N) is 2. The first kappa shape index (κ1) is 17.6. The molecule has 0 heterocycles.